The Kier molecular flexibility index (Phi) is 3.95. The molecule has 1 aromatic carbocycles. The van der Waals surface area contributed by atoms with Gasteiger partial charge in [-0.15, -0.1) is 11.3 Å². The zero-order chi connectivity index (χ0) is 15.0. The number of halogens is 2. The van der Waals surface area contributed by atoms with Gasteiger partial charge in [0.15, 0.2) is 0 Å². The molecule has 1 aromatic heterocycles. The van der Waals surface area contributed by atoms with E-state index in [0.29, 0.717) is 12.2 Å². The largest absolute Gasteiger partial charge is 0.375 e. The Morgan fingerprint density at radius 1 is 1.38 bits per heavy atom. The number of rotatable bonds is 4. The average molecular weight is 371 g/mol. The van der Waals surface area contributed by atoms with Gasteiger partial charge in [-0.3, -0.25) is 10.1 Å². The molecule has 7 heteroatoms. The lowest BCUT2D eigenvalue weighted by atomic mass is 10.2. The van der Waals surface area contributed by atoms with Crippen LogP contribution in [0.15, 0.2) is 22.7 Å². The standard InChI is InChI=1S/C14H12BrFN2O2S/c15-10-5-12(13(18(19)20)6-11(10)16)17-7-9-4-8-2-1-3-14(8)21-9/h4-6,17H,1-3,7H2. The summed E-state index contributed by atoms with van der Waals surface area (Å²) >= 11 is 4.80. The summed E-state index contributed by atoms with van der Waals surface area (Å²) in [5, 5.41) is 14.0. The van der Waals surface area contributed by atoms with Crippen molar-refractivity contribution < 1.29 is 9.31 Å². The quantitative estimate of drug-likeness (QED) is 0.628. The van der Waals surface area contributed by atoms with Crippen molar-refractivity contribution >= 4 is 38.6 Å². The molecule has 0 radical (unpaired) electrons. The summed E-state index contributed by atoms with van der Waals surface area (Å²) in [4.78, 5) is 13.0. The molecule has 0 unspecified atom stereocenters. The van der Waals surface area contributed by atoms with E-state index in [2.05, 4.69) is 27.3 Å². The molecule has 1 N–H and O–H groups in total. The molecule has 110 valence electrons. The van der Waals surface area contributed by atoms with Crippen LogP contribution < -0.4 is 5.32 Å². The van der Waals surface area contributed by atoms with Crippen molar-refractivity contribution in [3.05, 3.63) is 53.9 Å². The Bertz CT molecular complexity index is 696. The smallest absolute Gasteiger partial charge is 0.295 e. The predicted octanol–water partition coefficient (Wildman–Crippen LogP) is 4.66. The highest BCUT2D eigenvalue weighted by Gasteiger charge is 2.19. The Labute approximate surface area is 133 Å². The molecule has 1 heterocycles. The fourth-order valence-corrected chi connectivity index (χ4v) is 4.03. The van der Waals surface area contributed by atoms with Crippen LogP contribution in [0.5, 0.6) is 0 Å². The van der Waals surface area contributed by atoms with Crippen LogP contribution in [-0.4, -0.2) is 4.92 Å². The second-order valence-corrected chi connectivity index (χ2v) is 6.98. The summed E-state index contributed by atoms with van der Waals surface area (Å²) in [5.41, 5.74) is 1.47. The van der Waals surface area contributed by atoms with Crippen LogP contribution in [0.1, 0.15) is 21.7 Å². The maximum Gasteiger partial charge on any atom is 0.295 e. The third-order valence-corrected chi connectivity index (χ3v) is 5.33. The first-order chi connectivity index (χ1) is 10.0. The van der Waals surface area contributed by atoms with E-state index in [1.807, 2.05) is 0 Å². The zero-order valence-electron chi connectivity index (χ0n) is 11.0. The first-order valence-corrected chi connectivity index (χ1v) is 8.13. The van der Waals surface area contributed by atoms with Crippen LogP contribution >= 0.6 is 27.3 Å². The zero-order valence-corrected chi connectivity index (χ0v) is 13.4. The van der Waals surface area contributed by atoms with Crippen molar-refractivity contribution in [1.82, 2.24) is 0 Å². The van der Waals surface area contributed by atoms with Crippen molar-refractivity contribution in [3.8, 4) is 0 Å². The van der Waals surface area contributed by atoms with E-state index in [4.69, 9.17) is 0 Å². The molecular weight excluding hydrogens is 359 g/mol. The van der Waals surface area contributed by atoms with Crippen LogP contribution in [0.4, 0.5) is 15.8 Å². The molecule has 0 saturated carbocycles. The normalized spacial score (nSPS) is 13.2. The van der Waals surface area contributed by atoms with Crippen molar-refractivity contribution in [3.63, 3.8) is 0 Å². The Balaban J connectivity index is 1.80. The first-order valence-electron chi connectivity index (χ1n) is 6.52. The lowest BCUT2D eigenvalue weighted by molar-refractivity contribution is -0.384. The highest BCUT2D eigenvalue weighted by Crippen LogP contribution is 2.33. The maximum absolute atomic E-state index is 13.4. The van der Waals surface area contributed by atoms with Crippen molar-refractivity contribution in [1.29, 1.82) is 0 Å². The van der Waals surface area contributed by atoms with E-state index >= 15 is 0 Å². The summed E-state index contributed by atoms with van der Waals surface area (Å²) in [6.07, 6.45) is 3.46. The minimum Gasteiger partial charge on any atom is -0.375 e. The van der Waals surface area contributed by atoms with E-state index in [1.165, 1.54) is 22.9 Å². The summed E-state index contributed by atoms with van der Waals surface area (Å²) in [7, 11) is 0. The first kappa shape index (κ1) is 14.5. The highest BCUT2D eigenvalue weighted by molar-refractivity contribution is 9.10. The van der Waals surface area contributed by atoms with E-state index in [9.17, 15) is 14.5 Å². The topological polar surface area (TPSA) is 55.2 Å². The van der Waals surface area contributed by atoms with Crippen molar-refractivity contribution in [2.75, 3.05) is 5.32 Å². The minimum absolute atomic E-state index is 0.212. The van der Waals surface area contributed by atoms with Crippen LogP contribution in [-0.2, 0) is 19.4 Å². The van der Waals surface area contributed by atoms with Crippen LogP contribution in [0, 0.1) is 15.9 Å². The number of nitro groups is 1. The Morgan fingerprint density at radius 3 is 2.90 bits per heavy atom. The molecule has 0 atom stereocenters. The fourth-order valence-electron chi connectivity index (χ4n) is 2.49. The van der Waals surface area contributed by atoms with Gasteiger partial charge in [0.2, 0.25) is 0 Å². The molecule has 3 rings (SSSR count). The number of nitrogens with one attached hydrogen (secondary N) is 1. The van der Waals surface area contributed by atoms with Gasteiger partial charge in [0.25, 0.3) is 5.69 Å². The van der Waals surface area contributed by atoms with Crippen LogP contribution in [0.3, 0.4) is 0 Å². The minimum atomic E-state index is -0.637. The fraction of sp³-hybridized carbons (Fsp3) is 0.286. The second kappa shape index (κ2) is 5.73. The highest BCUT2D eigenvalue weighted by atomic mass is 79.9. The second-order valence-electron chi connectivity index (χ2n) is 4.91. The molecule has 1 aliphatic carbocycles. The van der Waals surface area contributed by atoms with Gasteiger partial charge in [0.05, 0.1) is 15.5 Å². The number of anilines is 1. The Hall–Kier alpha value is -1.47. The number of nitro benzene ring substituents is 1. The molecule has 2 aromatic rings. The van der Waals surface area contributed by atoms with E-state index < -0.39 is 10.7 Å². The van der Waals surface area contributed by atoms with Gasteiger partial charge in [-0.1, -0.05) is 0 Å². The molecule has 0 bridgehead atoms. The number of hydrogen-bond donors (Lipinski definition) is 1. The van der Waals surface area contributed by atoms with Crippen molar-refractivity contribution in [2.45, 2.75) is 25.8 Å². The molecule has 0 spiro atoms. The number of nitrogens with zero attached hydrogens (tertiary/aromatic N) is 1. The average Bonchev–Trinajstić information content (AvgIpc) is 3.00. The monoisotopic (exact) mass is 370 g/mol. The Morgan fingerprint density at radius 2 is 2.19 bits per heavy atom. The van der Waals surface area contributed by atoms with Crippen LogP contribution in [0.2, 0.25) is 0 Å². The van der Waals surface area contributed by atoms with Gasteiger partial charge in [-0.05, 0) is 52.9 Å². The molecule has 0 amide bonds. The van der Waals surface area contributed by atoms with Gasteiger partial charge in [-0.25, -0.2) is 4.39 Å². The summed E-state index contributed by atoms with van der Waals surface area (Å²) < 4.78 is 13.6. The van der Waals surface area contributed by atoms with E-state index in [-0.39, 0.29) is 10.2 Å². The molecule has 4 nitrogen and oxygen atoms in total. The predicted molar refractivity (Wildman–Crippen MR) is 84.4 cm³/mol. The number of hydrogen-bond acceptors (Lipinski definition) is 4. The van der Waals surface area contributed by atoms with E-state index in [1.54, 1.807) is 11.3 Å². The van der Waals surface area contributed by atoms with Gasteiger partial charge in [0.1, 0.15) is 11.5 Å². The van der Waals surface area contributed by atoms with Gasteiger partial charge in [0, 0.05) is 16.3 Å². The van der Waals surface area contributed by atoms with Gasteiger partial charge < -0.3 is 5.32 Å². The molecule has 0 aliphatic heterocycles. The number of fused-ring (bicyclic) bond motifs is 1. The van der Waals surface area contributed by atoms with Crippen LogP contribution in [0.25, 0.3) is 0 Å². The summed E-state index contributed by atoms with van der Waals surface area (Å²) in [6, 6.07) is 4.50. The molecule has 0 fully saturated rings. The van der Waals surface area contributed by atoms with E-state index in [0.717, 1.165) is 23.8 Å². The SMILES string of the molecule is O=[N+]([O-])c1cc(F)c(Br)cc1NCc1cc2c(s1)CCC2. The van der Waals surface area contributed by atoms with Gasteiger partial charge in [-0.2, -0.15) is 0 Å². The maximum atomic E-state index is 13.4. The summed E-state index contributed by atoms with van der Waals surface area (Å²) in [6.45, 7) is 0.510. The molecule has 21 heavy (non-hydrogen) atoms. The van der Waals surface area contributed by atoms with Gasteiger partial charge >= 0.3 is 0 Å². The number of aryl methyl sites for hydroxylation is 2. The summed E-state index contributed by atoms with van der Waals surface area (Å²) in [5.74, 6) is -0.637. The lowest BCUT2D eigenvalue weighted by Gasteiger charge is -2.07. The third kappa shape index (κ3) is 2.94. The number of benzene rings is 1. The third-order valence-electron chi connectivity index (χ3n) is 3.49. The number of thiophene rings is 1. The lowest BCUT2D eigenvalue weighted by Crippen LogP contribution is -2.02. The molecule has 0 saturated heterocycles. The molecule has 1 aliphatic rings. The molecular formula is C14H12BrFN2O2S. The van der Waals surface area contributed by atoms with Crippen molar-refractivity contribution in [2.24, 2.45) is 0 Å².